The van der Waals surface area contributed by atoms with Crippen LogP contribution in [0.4, 0.5) is 10.1 Å². The summed E-state index contributed by atoms with van der Waals surface area (Å²) in [5.41, 5.74) is 9.11. The predicted molar refractivity (Wildman–Crippen MR) is 93.0 cm³/mol. The molecule has 0 radical (unpaired) electrons. The van der Waals surface area contributed by atoms with Gasteiger partial charge in [-0.15, -0.1) is 0 Å². The Bertz CT molecular complexity index is 835. The lowest BCUT2D eigenvalue weighted by molar-refractivity contribution is 0.100. The first-order valence-electron chi connectivity index (χ1n) is 8.49. The van der Waals surface area contributed by atoms with E-state index in [0.29, 0.717) is 11.2 Å². The summed E-state index contributed by atoms with van der Waals surface area (Å²) >= 11 is 0. The number of aryl methyl sites for hydroxylation is 2. The van der Waals surface area contributed by atoms with Gasteiger partial charge in [-0.3, -0.25) is 4.79 Å². The van der Waals surface area contributed by atoms with Gasteiger partial charge in [-0.25, -0.2) is 4.39 Å². The third-order valence-corrected chi connectivity index (χ3v) is 5.86. The van der Waals surface area contributed by atoms with Gasteiger partial charge in [-0.1, -0.05) is 0 Å². The van der Waals surface area contributed by atoms with Gasteiger partial charge in [0.25, 0.3) is 5.91 Å². The first kappa shape index (κ1) is 15.4. The van der Waals surface area contributed by atoms with E-state index in [1.165, 1.54) is 6.07 Å². The maximum absolute atomic E-state index is 15.0. The van der Waals surface area contributed by atoms with Crippen molar-refractivity contribution in [3.63, 3.8) is 0 Å². The molecular formula is C18H23FN4O. The van der Waals surface area contributed by atoms with Crippen molar-refractivity contribution in [3.05, 3.63) is 28.7 Å². The van der Waals surface area contributed by atoms with Crippen LogP contribution in [0.3, 0.4) is 0 Å². The first-order valence-corrected chi connectivity index (χ1v) is 8.49. The molecule has 24 heavy (non-hydrogen) atoms. The second-order valence-electron chi connectivity index (χ2n) is 7.34. The average Bonchev–Trinajstić information content (AvgIpc) is 3.23. The van der Waals surface area contributed by atoms with E-state index in [4.69, 9.17) is 5.73 Å². The van der Waals surface area contributed by atoms with E-state index in [1.807, 2.05) is 13.8 Å². The number of nitrogens with one attached hydrogen (secondary N) is 2. The molecule has 5 nitrogen and oxygen atoms in total. The summed E-state index contributed by atoms with van der Waals surface area (Å²) in [6, 6.07) is 1.28. The van der Waals surface area contributed by atoms with Gasteiger partial charge in [0.2, 0.25) is 0 Å². The molecule has 1 spiro atoms. The van der Waals surface area contributed by atoms with Crippen LogP contribution in [0.2, 0.25) is 0 Å². The minimum atomic E-state index is -0.607. The van der Waals surface area contributed by atoms with Crippen LogP contribution >= 0.6 is 0 Å². The molecule has 2 aliphatic heterocycles. The summed E-state index contributed by atoms with van der Waals surface area (Å²) in [6.45, 7) is 7.63. The number of nitrogens with zero attached hydrogens (tertiary/aromatic N) is 1. The van der Waals surface area contributed by atoms with Crippen molar-refractivity contribution in [1.82, 2.24) is 10.3 Å². The summed E-state index contributed by atoms with van der Waals surface area (Å²) in [5.74, 6) is -0.967. The van der Waals surface area contributed by atoms with E-state index in [0.717, 1.165) is 55.7 Å². The van der Waals surface area contributed by atoms with E-state index < -0.39 is 5.91 Å². The van der Waals surface area contributed by atoms with Crippen LogP contribution in [0.1, 0.15) is 34.5 Å². The van der Waals surface area contributed by atoms with Crippen LogP contribution < -0.4 is 16.0 Å². The van der Waals surface area contributed by atoms with Crippen molar-refractivity contribution < 1.29 is 9.18 Å². The van der Waals surface area contributed by atoms with Crippen LogP contribution in [0.5, 0.6) is 0 Å². The van der Waals surface area contributed by atoms with E-state index in [2.05, 4.69) is 15.2 Å². The smallest absolute Gasteiger partial charge is 0.250 e. The molecule has 128 valence electrons. The van der Waals surface area contributed by atoms with Gasteiger partial charge >= 0.3 is 0 Å². The number of anilines is 1. The van der Waals surface area contributed by atoms with Crippen molar-refractivity contribution >= 4 is 22.5 Å². The van der Waals surface area contributed by atoms with E-state index in [-0.39, 0.29) is 16.8 Å². The van der Waals surface area contributed by atoms with Gasteiger partial charge in [0.15, 0.2) is 0 Å². The third-order valence-electron chi connectivity index (χ3n) is 5.86. The van der Waals surface area contributed by atoms with Gasteiger partial charge < -0.3 is 20.9 Å². The molecule has 4 N–H and O–H groups in total. The fourth-order valence-corrected chi connectivity index (χ4v) is 4.38. The van der Waals surface area contributed by atoms with E-state index in [1.54, 1.807) is 0 Å². The number of amides is 1. The summed E-state index contributed by atoms with van der Waals surface area (Å²) in [5, 5.41) is 4.23. The standard InChI is InChI=1S/C18H23FN4O/c1-10-11(2)22-15-12(17(20)24)7-13(19)16(14(10)15)23-6-4-18(9-23)3-5-21-8-18/h7,21-22H,3-6,8-9H2,1-2H3,(H2,20,24). The molecule has 2 fully saturated rings. The summed E-state index contributed by atoms with van der Waals surface area (Å²) in [4.78, 5) is 17.1. The van der Waals surface area contributed by atoms with Crippen molar-refractivity contribution in [2.75, 3.05) is 31.1 Å². The first-order chi connectivity index (χ1) is 11.4. The molecule has 4 rings (SSSR count). The Balaban J connectivity index is 1.88. The zero-order chi connectivity index (χ0) is 17.1. The van der Waals surface area contributed by atoms with Gasteiger partial charge in [0.05, 0.1) is 16.8 Å². The van der Waals surface area contributed by atoms with Crippen LogP contribution in [-0.2, 0) is 0 Å². The Labute approximate surface area is 140 Å². The van der Waals surface area contributed by atoms with Gasteiger partial charge in [-0.2, -0.15) is 0 Å². The highest BCUT2D eigenvalue weighted by Gasteiger charge is 2.41. The number of aromatic amines is 1. The second kappa shape index (κ2) is 5.21. The van der Waals surface area contributed by atoms with Gasteiger partial charge in [0.1, 0.15) is 5.82 Å². The Hall–Kier alpha value is -2.08. The summed E-state index contributed by atoms with van der Waals surface area (Å²) < 4.78 is 15.0. The van der Waals surface area contributed by atoms with Crippen LogP contribution in [0, 0.1) is 25.1 Å². The molecule has 2 aliphatic rings. The van der Waals surface area contributed by atoms with Crippen LogP contribution in [0.15, 0.2) is 6.07 Å². The molecule has 6 heteroatoms. The molecule has 0 bridgehead atoms. The van der Waals surface area contributed by atoms with Gasteiger partial charge in [0, 0.05) is 36.1 Å². The second-order valence-corrected chi connectivity index (χ2v) is 7.34. The molecule has 0 aliphatic carbocycles. The Morgan fingerprint density at radius 1 is 1.38 bits per heavy atom. The van der Waals surface area contributed by atoms with Crippen molar-refractivity contribution in [3.8, 4) is 0 Å². The number of aromatic nitrogens is 1. The lowest BCUT2D eigenvalue weighted by Gasteiger charge is -2.25. The molecule has 3 heterocycles. The monoisotopic (exact) mass is 330 g/mol. The lowest BCUT2D eigenvalue weighted by atomic mass is 9.86. The van der Waals surface area contributed by atoms with Gasteiger partial charge in [-0.05, 0) is 44.9 Å². The molecule has 1 atom stereocenters. The summed E-state index contributed by atoms with van der Waals surface area (Å²) in [6.07, 6.45) is 2.21. The quantitative estimate of drug-likeness (QED) is 0.790. The maximum atomic E-state index is 15.0. The third kappa shape index (κ3) is 2.13. The van der Waals surface area contributed by atoms with Crippen molar-refractivity contribution in [1.29, 1.82) is 0 Å². The molecule has 1 unspecified atom stereocenters. The van der Waals surface area contributed by atoms with Crippen molar-refractivity contribution in [2.24, 2.45) is 11.1 Å². The molecule has 1 aromatic carbocycles. The highest BCUT2D eigenvalue weighted by Crippen LogP contribution is 2.43. The maximum Gasteiger partial charge on any atom is 0.250 e. The Morgan fingerprint density at radius 2 is 2.17 bits per heavy atom. The van der Waals surface area contributed by atoms with E-state index in [9.17, 15) is 9.18 Å². The number of hydrogen-bond acceptors (Lipinski definition) is 3. The topological polar surface area (TPSA) is 74.2 Å². The lowest BCUT2D eigenvalue weighted by Crippen LogP contribution is -2.29. The zero-order valence-corrected chi connectivity index (χ0v) is 14.1. The predicted octanol–water partition coefficient (Wildman–Crippen LogP) is 2.21. The highest BCUT2D eigenvalue weighted by molar-refractivity contribution is 6.10. The minimum Gasteiger partial charge on any atom is -0.368 e. The molecule has 2 aromatic rings. The Morgan fingerprint density at radius 3 is 2.83 bits per heavy atom. The minimum absolute atomic E-state index is 0.221. The number of fused-ring (bicyclic) bond motifs is 1. The number of primary amides is 1. The number of carbonyl (C=O) groups is 1. The molecule has 2 saturated heterocycles. The number of hydrogen-bond donors (Lipinski definition) is 3. The number of carbonyl (C=O) groups excluding carboxylic acids is 1. The normalized spacial score (nSPS) is 23.7. The SMILES string of the molecule is Cc1[nH]c2c(C(N)=O)cc(F)c(N3CCC4(CCNC4)C3)c2c1C. The average molecular weight is 330 g/mol. The number of nitrogens with two attached hydrogens (primary N) is 1. The van der Waals surface area contributed by atoms with Crippen LogP contribution in [-0.4, -0.2) is 37.1 Å². The fraction of sp³-hybridized carbons (Fsp3) is 0.500. The largest absolute Gasteiger partial charge is 0.368 e. The number of benzene rings is 1. The van der Waals surface area contributed by atoms with E-state index >= 15 is 0 Å². The number of H-pyrrole nitrogens is 1. The van der Waals surface area contributed by atoms with Crippen LogP contribution in [0.25, 0.3) is 10.9 Å². The number of rotatable bonds is 2. The molecule has 1 aromatic heterocycles. The number of halogens is 1. The zero-order valence-electron chi connectivity index (χ0n) is 14.1. The molecular weight excluding hydrogens is 307 g/mol. The molecule has 1 amide bonds. The van der Waals surface area contributed by atoms with Crippen molar-refractivity contribution in [2.45, 2.75) is 26.7 Å². The summed E-state index contributed by atoms with van der Waals surface area (Å²) in [7, 11) is 0. The fourth-order valence-electron chi connectivity index (χ4n) is 4.38. The Kier molecular flexibility index (Phi) is 3.35. The molecule has 0 saturated carbocycles. The highest BCUT2D eigenvalue weighted by atomic mass is 19.1.